The van der Waals surface area contributed by atoms with E-state index in [1.807, 2.05) is 73.4 Å². The van der Waals surface area contributed by atoms with Crippen molar-refractivity contribution in [3.63, 3.8) is 0 Å². The smallest absolute Gasteiger partial charge is 0.247 e. The molecule has 2 fully saturated rings. The van der Waals surface area contributed by atoms with E-state index < -0.39 is 23.9 Å². The maximum absolute atomic E-state index is 14.0. The Labute approximate surface area is 214 Å². The van der Waals surface area contributed by atoms with Crippen LogP contribution in [0.3, 0.4) is 0 Å². The lowest BCUT2D eigenvalue weighted by Gasteiger charge is -2.36. The van der Waals surface area contributed by atoms with Crippen molar-refractivity contribution in [1.29, 1.82) is 0 Å². The zero-order valence-corrected chi connectivity index (χ0v) is 20.6. The van der Waals surface area contributed by atoms with Gasteiger partial charge in [0.15, 0.2) is 0 Å². The molecule has 2 saturated heterocycles. The molecule has 180 valence electrons. The maximum Gasteiger partial charge on any atom is 0.247 e. The molecule has 1 N–H and O–H groups in total. The third kappa shape index (κ3) is 3.36. The Balaban J connectivity index is 1.44. The number of rotatable bonds is 3. The number of nitrogens with zero attached hydrogens (tertiary/aromatic N) is 2. The molecule has 6 rings (SSSR count). The monoisotopic (exact) mass is 497 g/mol. The van der Waals surface area contributed by atoms with Crippen molar-refractivity contribution < 1.29 is 14.4 Å². The van der Waals surface area contributed by atoms with Crippen LogP contribution in [-0.4, -0.2) is 29.8 Å². The predicted molar refractivity (Wildman–Crippen MR) is 141 cm³/mol. The van der Waals surface area contributed by atoms with E-state index in [0.29, 0.717) is 16.4 Å². The minimum atomic E-state index is -0.853. The van der Waals surface area contributed by atoms with Gasteiger partial charge in [-0.3, -0.25) is 14.4 Å². The number of carbonyl (C=O) groups is 3. The summed E-state index contributed by atoms with van der Waals surface area (Å²) in [6.45, 7) is 3.86. The first-order valence-corrected chi connectivity index (χ1v) is 12.3. The van der Waals surface area contributed by atoms with Gasteiger partial charge in [-0.15, -0.1) is 0 Å². The van der Waals surface area contributed by atoms with Crippen LogP contribution < -0.4 is 15.1 Å². The summed E-state index contributed by atoms with van der Waals surface area (Å²) < 4.78 is 0. The summed E-state index contributed by atoms with van der Waals surface area (Å²) >= 11 is 6.01. The molecule has 0 saturated carbocycles. The van der Waals surface area contributed by atoms with Crippen LogP contribution in [0.5, 0.6) is 0 Å². The molecule has 3 aromatic rings. The number of para-hydroxylation sites is 1. The summed E-state index contributed by atoms with van der Waals surface area (Å²) in [5.41, 5.74) is 4.84. The second-order valence-electron chi connectivity index (χ2n) is 9.61. The predicted octanol–water partition coefficient (Wildman–Crippen LogP) is 4.99. The molecule has 3 aliphatic rings. The number of hydrogen-bond donors (Lipinski definition) is 1. The molecule has 6 nitrogen and oxygen atoms in total. The molecule has 3 aliphatic heterocycles. The molecule has 3 aromatic carbocycles. The minimum Gasteiger partial charge on any atom is -0.351 e. The fourth-order valence-corrected chi connectivity index (χ4v) is 5.98. The van der Waals surface area contributed by atoms with Crippen LogP contribution in [0.4, 0.5) is 17.1 Å². The molecule has 0 aromatic heterocycles. The molecular formula is C29H24ClN3O3. The molecule has 0 aliphatic carbocycles. The molecular weight excluding hydrogens is 474 g/mol. The van der Waals surface area contributed by atoms with Crippen molar-refractivity contribution in [2.24, 2.45) is 11.8 Å². The number of imide groups is 1. The van der Waals surface area contributed by atoms with E-state index in [0.717, 1.165) is 22.4 Å². The van der Waals surface area contributed by atoms with Gasteiger partial charge in [-0.1, -0.05) is 59.6 Å². The van der Waals surface area contributed by atoms with Gasteiger partial charge in [0.05, 0.1) is 23.6 Å². The van der Waals surface area contributed by atoms with Crippen LogP contribution in [0.25, 0.3) is 6.08 Å². The van der Waals surface area contributed by atoms with Gasteiger partial charge in [0.2, 0.25) is 17.7 Å². The Hall–Kier alpha value is -3.90. The number of benzene rings is 3. The Kier molecular flexibility index (Phi) is 5.23. The number of aryl methyl sites for hydroxylation is 2. The second kappa shape index (κ2) is 8.35. The fourth-order valence-electron chi connectivity index (χ4n) is 5.86. The number of fused-ring (bicyclic) bond motifs is 5. The molecule has 36 heavy (non-hydrogen) atoms. The highest BCUT2D eigenvalue weighted by Crippen LogP contribution is 2.49. The Bertz CT molecular complexity index is 1450. The number of nitrogens with one attached hydrogen (secondary N) is 1. The van der Waals surface area contributed by atoms with E-state index in [4.69, 9.17) is 11.6 Å². The first kappa shape index (κ1) is 22.6. The van der Waals surface area contributed by atoms with Crippen LogP contribution in [0.1, 0.15) is 16.7 Å². The van der Waals surface area contributed by atoms with Crippen molar-refractivity contribution in [1.82, 2.24) is 0 Å². The molecule has 4 atom stereocenters. The van der Waals surface area contributed by atoms with Crippen LogP contribution in [0.15, 0.2) is 72.8 Å². The van der Waals surface area contributed by atoms with Gasteiger partial charge in [0.25, 0.3) is 0 Å². The SMILES string of the molecule is Cc1ccc(N2C(=O)[C@@H]3[C@@H](C2=O)[C@@H]2C=Cc4ccccc4N2[C@@H]3C(=O)Nc2ccc(Cl)cc2)c(C)c1. The Morgan fingerprint density at radius 3 is 2.36 bits per heavy atom. The normalized spacial score (nSPS) is 24.0. The quantitative estimate of drug-likeness (QED) is 0.518. The Morgan fingerprint density at radius 1 is 0.889 bits per heavy atom. The number of halogens is 1. The van der Waals surface area contributed by atoms with E-state index in [9.17, 15) is 14.4 Å². The van der Waals surface area contributed by atoms with Crippen LogP contribution >= 0.6 is 11.6 Å². The average Bonchev–Trinajstić information content (AvgIpc) is 3.34. The third-order valence-electron chi connectivity index (χ3n) is 7.39. The summed E-state index contributed by atoms with van der Waals surface area (Å²) in [5, 5.41) is 3.51. The van der Waals surface area contributed by atoms with E-state index in [1.54, 1.807) is 24.3 Å². The zero-order valence-electron chi connectivity index (χ0n) is 19.8. The van der Waals surface area contributed by atoms with E-state index in [1.165, 1.54) is 4.90 Å². The highest BCUT2D eigenvalue weighted by molar-refractivity contribution is 6.30. The van der Waals surface area contributed by atoms with Gasteiger partial charge >= 0.3 is 0 Å². The van der Waals surface area contributed by atoms with Gasteiger partial charge in [0.1, 0.15) is 6.04 Å². The van der Waals surface area contributed by atoms with E-state index in [-0.39, 0.29) is 17.7 Å². The van der Waals surface area contributed by atoms with E-state index >= 15 is 0 Å². The van der Waals surface area contributed by atoms with Crippen molar-refractivity contribution >= 4 is 52.5 Å². The topological polar surface area (TPSA) is 69.7 Å². The van der Waals surface area contributed by atoms with Gasteiger partial charge < -0.3 is 10.2 Å². The molecule has 0 unspecified atom stereocenters. The van der Waals surface area contributed by atoms with Crippen LogP contribution in [-0.2, 0) is 14.4 Å². The average molecular weight is 498 g/mol. The van der Waals surface area contributed by atoms with Crippen molar-refractivity contribution in [3.05, 3.63) is 94.5 Å². The van der Waals surface area contributed by atoms with E-state index in [2.05, 4.69) is 5.32 Å². The van der Waals surface area contributed by atoms with Crippen LogP contribution in [0.2, 0.25) is 5.02 Å². The van der Waals surface area contributed by atoms with Crippen molar-refractivity contribution in [2.45, 2.75) is 25.9 Å². The second-order valence-corrected chi connectivity index (χ2v) is 10.0. The largest absolute Gasteiger partial charge is 0.351 e. The number of anilines is 3. The lowest BCUT2D eigenvalue weighted by atomic mass is 9.88. The molecule has 0 radical (unpaired) electrons. The maximum atomic E-state index is 14.0. The standard InChI is InChI=1S/C29H24ClN3O3/c1-16-7-13-21(17(2)15-16)33-28(35)24-23-14-8-18-5-3-4-6-22(18)32(23)26(25(24)29(33)36)27(34)31-20-11-9-19(30)10-12-20/h3-15,23-26H,1-2H3,(H,31,34)/t23-,24-,25+,26-/m0/s1. The van der Waals surface area contributed by atoms with Gasteiger partial charge in [-0.2, -0.15) is 0 Å². The van der Waals surface area contributed by atoms with Crippen molar-refractivity contribution in [2.75, 3.05) is 15.1 Å². The minimum absolute atomic E-state index is 0.266. The summed E-state index contributed by atoms with van der Waals surface area (Å²) in [7, 11) is 0. The first-order valence-electron chi connectivity index (χ1n) is 11.9. The summed E-state index contributed by atoms with van der Waals surface area (Å²) in [6.07, 6.45) is 3.93. The highest BCUT2D eigenvalue weighted by Gasteiger charge is 2.64. The molecule has 7 heteroatoms. The number of amides is 3. The zero-order chi connectivity index (χ0) is 25.1. The lowest BCUT2D eigenvalue weighted by Crippen LogP contribution is -2.50. The molecule has 3 amide bonds. The molecule has 0 spiro atoms. The summed E-state index contributed by atoms with van der Waals surface area (Å²) in [4.78, 5) is 44.9. The fraction of sp³-hybridized carbons (Fsp3) is 0.207. The lowest BCUT2D eigenvalue weighted by molar-refractivity contribution is -0.126. The number of carbonyl (C=O) groups excluding carboxylic acids is 3. The highest BCUT2D eigenvalue weighted by atomic mass is 35.5. The van der Waals surface area contributed by atoms with Crippen LogP contribution in [0, 0.1) is 25.7 Å². The van der Waals surface area contributed by atoms with Gasteiger partial charge in [-0.25, -0.2) is 4.90 Å². The first-order chi connectivity index (χ1) is 17.3. The third-order valence-corrected chi connectivity index (χ3v) is 7.64. The van der Waals surface area contributed by atoms with Crippen molar-refractivity contribution in [3.8, 4) is 0 Å². The Morgan fingerprint density at radius 2 is 1.61 bits per heavy atom. The molecule has 0 bridgehead atoms. The molecule has 3 heterocycles. The van der Waals surface area contributed by atoms with Gasteiger partial charge in [0, 0.05) is 16.4 Å². The number of hydrogen-bond acceptors (Lipinski definition) is 4. The summed E-state index contributed by atoms with van der Waals surface area (Å²) in [6, 6.07) is 19.0. The van der Waals surface area contributed by atoms with Gasteiger partial charge in [-0.05, 0) is 61.4 Å². The summed E-state index contributed by atoms with van der Waals surface area (Å²) in [5.74, 6) is -2.41.